The summed E-state index contributed by atoms with van der Waals surface area (Å²) in [5.41, 5.74) is 0. The molecular weight excluding hydrogens is 224 g/mol. The highest BCUT2D eigenvalue weighted by molar-refractivity contribution is 7.80. The van der Waals surface area contributed by atoms with Crippen molar-refractivity contribution in [3.63, 3.8) is 0 Å². The molecule has 2 unspecified atom stereocenters. The van der Waals surface area contributed by atoms with Gasteiger partial charge in [-0.05, 0) is 36.3 Å². The van der Waals surface area contributed by atoms with Gasteiger partial charge in [0.2, 0.25) is 0 Å². The standard InChI is InChI=1S/C16H34S/c1-5-9-16(10-6-2)12-14(7-3)11-15(8-4)13-17/h14-17H,5-13H2,1-4H3. The van der Waals surface area contributed by atoms with E-state index in [9.17, 15) is 0 Å². The van der Waals surface area contributed by atoms with E-state index in [1.54, 1.807) is 0 Å². The number of hydrogen-bond acceptors (Lipinski definition) is 1. The molecule has 0 saturated carbocycles. The summed E-state index contributed by atoms with van der Waals surface area (Å²) in [4.78, 5) is 0. The zero-order valence-electron chi connectivity index (χ0n) is 12.5. The highest BCUT2D eigenvalue weighted by Gasteiger charge is 2.17. The third-order valence-corrected chi connectivity index (χ3v) is 4.66. The predicted molar refractivity (Wildman–Crippen MR) is 84.0 cm³/mol. The molecule has 0 aromatic rings. The molecule has 0 aromatic carbocycles. The molecule has 0 rings (SSSR count). The minimum atomic E-state index is 0.840. The fourth-order valence-corrected chi connectivity index (χ4v) is 3.35. The second-order valence-electron chi connectivity index (χ2n) is 5.65. The van der Waals surface area contributed by atoms with Crippen LogP contribution in [0, 0.1) is 17.8 Å². The second kappa shape index (κ2) is 11.4. The Bertz CT molecular complexity index is 146. The molecule has 0 amide bonds. The average molecular weight is 259 g/mol. The Labute approximate surface area is 115 Å². The highest BCUT2D eigenvalue weighted by Crippen LogP contribution is 2.29. The van der Waals surface area contributed by atoms with Crippen molar-refractivity contribution in [3.8, 4) is 0 Å². The number of hydrogen-bond donors (Lipinski definition) is 1. The SMILES string of the molecule is CCCC(CCC)CC(CC)CC(CC)CS. The van der Waals surface area contributed by atoms with E-state index < -0.39 is 0 Å². The second-order valence-corrected chi connectivity index (χ2v) is 6.01. The summed E-state index contributed by atoms with van der Waals surface area (Å²) in [6, 6.07) is 0. The van der Waals surface area contributed by atoms with Gasteiger partial charge in [0.1, 0.15) is 0 Å². The van der Waals surface area contributed by atoms with Crippen molar-refractivity contribution in [2.24, 2.45) is 17.8 Å². The summed E-state index contributed by atoms with van der Waals surface area (Å²) in [6.07, 6.45) is 11.1. The Morgan fingerprint density at radius 1 is 0.706 bits per heavy atom. The van der Waals surface area contributed by atoms with E-state index >= 15 is 0 Å². The summed E-state index contributed by atoms with van der Waals surface area (Å²) in [5, 5.41) is 0. The lowest BCUT2D eigenvalue weighted by atomic mass is 9.82. The van der Waals surface area contributed by atoms with Crippen LogP contribution in [-0.2, 0) is 0 Å². The molecule has 17 heavy (non-hydrogen) atoms. The quantitative estimate of drug-likeness (QED) is 0.434. The third-order valence-electron chi connectivity index (χ3n) is 4.14. The zero-order valence-corrected chi connectivity index (χ0v) is 13.4. The van der Waals surface area contributed by atoms with Gasteiger partial charge in [0.15, 0.2) is 0 Å². The lowest BCUT2D eigenvalue weighted by Crippen LogP contribution is -2.14. The highest BCUT2D eigenvalue weighted by atomic mass is 32.1. The number of thiol groups is 1. The molecule has 2 atom stereocenters. The molecule has 0 heterocycles. The largest absolute Gasteiger partial charge is 0.179 e. The molecule has 0 saturated heterocycles. The molecule has 0 aliphatic heterocycles. The van der Waals surface area contributed by atoms with E-state index in [-0.39, 0.29) is 0 Å². The van der Waals surface area contributed by atoms with Crippen molar-refractivity contribution in [2.75, 3.05) is 5.75 Å². The van der Waals surface area contributed by atoms with Gasteiger partial charge < -0.3 is 0 Å². The van der Waals surface area contributed by atoms with Crippen LogP contribution >= 0.6 is 12.6 Å². The number of rotatable bonds is 11. The summed E-state index contributed by atoms with van der Waals surface area (Å²) in [5.74, 6) is 3.83. The molecule has 0 aliphatic carbocycles. The van der Waals surface area contributed by atoms with Gasteiger partial charge in [-0.1, -0.05) is 66.2 Å². The van der Waals surface area contributed by atoms with Gasteiger partial charge in [-0.15, -0.1) is 0 Å². The van der Waals surface area contributed by atoms with E-state index in [2.05, 4.69) is 40.3 Å². The third kappa shape index (κ3) is 8.13. The fraction of sp³-hybridized carbons (Fsp3) is 1.00. The van der Waals surface area contributed by atoms with Gasteiger partial charge in [-0.3, -0.25) is 0 Å². The minimum absolute atomic E-state index is 0.840. The van der Waals surface area contributed by atoms with Gasteiger partial charge in [0, 0.05) is 0 Å². The molecule has 104 valence electrons. The maximum atomic E-state index is 4.48. The molecule has 0 fully saturated rings. The summed E-state index contributed by atoms with van der Waals surface area (Å²) in [6.45, 7) is 9.33. The van der Waals surface area contributed by atoms with Crippen molar-refractivity contribution < 1.29 is 0 Å². The van der Waals surface area contributed by atoms with Crippen molar-refractivity contribution in [1.29, 1.82) is 0 Å². The Hall–Kier alpha value is 0.350. The Kier molecular flexibility index (Phi) is 11.7. The molecule has 0 nitrogen and oxygen atoms in total. The first-order valence-corrected chi connectivity index (χ1v) is 8.45. The van der Waals surface area contributed by atoms with Crippen molar-refractivity contribution >= 4 is 12.6 Å². The van der Waals surface area contributed by atoms with Crippen LogP contribution in [-0.4, -0.2) is 5.75 Å². The Morgan fingerprint density at radius 2 is 1.18 bits per heavy atom. The van der Waals surface area contributed by atoms with E-state index in [0.29, 0.717) is 0 Å². The summed E-state index contributed by atoms with van der Waals surface area (Å²) in [7, 11) is 0. The minimum Gasteiger partial charge on any atom is -0.179 e. The zero-order chi connectivity index (χ0) is 13.1. The van der Waals surface area contributed by atoms with Gasteiger partial charge in [0.05, 0.1) is 0 Å². The summed E-state index contributed by atoms with van der Waals surface area (Å²) < 4.78 is 0. The Balaban J connectivity index is 4.14. The van der Waals surface area contributed by atoms with E-state index in [1.165, 1.54) is 51.4 Å². The monoisotopic (exact) mass is 258 g/mol. The molecule has 0 spiro atoms. The Morgan fingerprint density at radius 3 is 1.53 bits per heavy atom. The van der Waals surface area contributed by atoms with E-state index in [0.717, 1.165) is 23.5 Å². The topological polar surface area (TPSA) is 0 Å². The normalized spacial score (nSPS) is 15.2. The van der Waals surface area contributed by atoms with Crippen LogP contribution in [0.2, 0.25) is 0 Å². The summed E-state index contributed by atoms with van der Waals surface area (Å²) >= 11 is 4.48. The predicted octanol–water partition coefficient (Wildman–Crippen LogP) is 5.97. The van der Waals surface area contributed by atoms with Crippen molar-refractivity contribution in [1.82, 2.24) is 0 Å². The molecule has 0 N–H and O–H groups in total. The molecular formula is C16H34S. The van der Waals surface area contributed by atoms with Crippen LogP contribution in [0.3, 0.4) is 0 Å². The maximum absolute atomic E-state index is 4.48. The van der Waals surface area contributed by atoms with Crippen LogP contribution in [0.1, 0.15) is 79.1 Å². The fourth-order valence-electron chi connectivity index (χ4n) is 2.94. The van der Waals surface area contributed by atoms with Crippen LogP contribution in [0.5, 0.6) is 0 Å². The first-order chi connectivity index (χ1) is 8.21. The lowest BCUT2D eigenvalue weighted by molar-refractivity contribution is 0.281. The van der Waals surface area contributed by atoms with Crippen LogP contribution < -0.4 is 0 Å². The van der Waals surface area contributed by atoms with Crippen LogP contribution in [0.15, 0.2) is 0 Å². The van der Waals surface area contributed by atoms with Crippen molar-refractivity contribution in [2.45, 2.75) is 79.1 Å². The lowest BCUT2D eigenvalue weighted by Gasteiger charge is -2.25. The van der Waals surface area contributed by atoms with Gasteiger partial charge >= 0.3 is 0 Å². The van der Waals surface area contributed by atoms with Crippen LogP contribution in [0.25, 0.3) is 0 Å². The first-order valence-electron chi connectivity index (χ1n) is 7.82. The molecule has 0 radical (unpaired) electrons. The van der Waals surface area contributed by atoms with Gasteiger partial charge in [0.25, 0.3) is 0 Å². The molecule has 1 heteroatoms. The van der Waals surface area contributed by atoms with Crippen LogP contribution in [0.4, 0.5) is 0 Å². The van der Waals surface area contributed by atoms with E-state index in [1.807, 2.05) is 0 Å². The molecule has 0 aromatic heterocycles. The van der Waals surface area contributed by atoms with Gasteiger partial charge in [-0.25, -0.2) is 0 Å². The maximum Gasteiger partial charge on any atom is -0.00695 e. The molecule has 0 bridgehead atoms. The average Bonchev–Trinajstić information content (AvgIpc) is 2.34. The van der Waals surface area contributed by atoms with Gasteiger partial charge in [-0.2, -0.15) is 12.6 Å². The molecule has 0 aliphatic rings. The first kappa shape index (κ1) is 17.4. The smallest absolute Gasteiger partial charge is 0.00695 e. The van der Waals surface area contributed by atoms with Crippen molar-refractivity contribution in [3.05, 3.63) is 0 Å². The van der Waals surface area contributed by atoms with E-state index in [4.69, 9.17) is 0 Å².